The molecule has 0 heterocycles. The zero-order valence-corrected chi connectivity index (χ0v) is 10.6. The number of carbonyl (C=O) groups excluding carboxylic acids is 1. The van der Waals surface area contributed by atoms with Gasteiger partial charge < -0.3 is 15.8 Å². The zero-order valence-electron chi connectivity index (χ0n) is 10.6. The van der Waals surface area contributed by atoms with Gasteiger partial charge in [-0.1, -0.05) is 6.07 Å². The van der Waals surface area contributed by atoms with E-state index in [0.29, 0.717) is 12.2 Å². The predicted octanol–water partition coefficient (Wildman–Crippen LogP) is 1.93. The minimum Gasteiger partial charge on any atom is -0.385 e. The van der Waals surface area contributed by atoms with Gasteiger partial charge in [-0.3, -0.25) is 4.79 Å². The Hall–Kier alpha value is -1.55. The van der Waals surface area contributed by atoms with E-state index in [1.54, 1.807) is 13.2 Å². The van der Waals surface area contributed by atoms with Crippen LogP contribution in [0.25, 0.3) is 0 Å². The molecule has 1 rings (SSSR count). The van der Waals surface area contributed by atoms with E-state index < -0.39 is 5.91 Å². The van der Waals surface area contributed by atoms with Crippen molar-refractivity contribution >= 4 is 11.6 Å². The highest BCUT2D eigenvalue weighted by atomic mass is 16.5. The smallest absolute Gasteiger partial charge is 0.249 e. The summed E-state index contributed by atoms with van der Waals surface area (Å²) in [6.45, 7) is 4.68. The summed E-state index contributed by atoms with van der Waals surface area (Å²) in [6.07, 6.45) is 0.913. The summed E-state index contributed by atoms with van der Waals surface area (Å²) < 4.78 is 5.03. The largest absolute Gasteiger partial charge is 0.385 e. The fourth-order valence-electron chi connectivity index (χ4n) is 1.69. The van der Waals surface area contributed by atoms with Crippen molar-refractivity contribution in [2.24, 2.45) is 5.73 Å². The molecule has 4 nitrogen and oxygen atoms in total. The minimum absolute atomic E-state index is 0.289. The number of rotatable bonds is 6. The van der Waals surface area contributed by atoms with Crippen LogP contribution in [0, 0.1) is 6.92 Å². The molecule has 0 saturated carbocycles. The van der Waals surface area contributed by atoms with Crippen molar-refractivity contribution in [3.63, 3.8) is 0 Å². The SMILES string of the molecule is COCCC(C)Nc1cccc(C(N)=O)c1C. The van der Waals surface area contributed by atoms with Crippen LogP contribution in [0.4, 0.5) is 5.69 Å². The Morgan fingerprint density at radius 1 is 1.53 bits per heavy atom. The molecule has 0 fully saturated rings. The number of hydrogen-bond donors (Lipinski definition) is 2. The monoisotopic (exact) mass is 236 g/mol. The van der Waals surface area contributed by atoms with Gasteiger partial charge in [-0.15, -0.1) is 0 Å². The number of ether oxygens (including phenoxy) is 1. The lowest BCUT2D eigenvalue weighted by Gasteiger charge is -2.17. The first kappa shape index (κ1) is 13.5. The summed E-state index contributed by atoms with van der Waals surface area (Å²) in [5, 5.41) is 3.35. The normalized spacial score (nSPS) is 12.2. The standard InChI is InChI=1S/C13H20N2O2/c1-9(7-8-17-3)15-12-6-4-5-11(10(12)2)13(14)16/h4-6,9,15H,7-8H2,1-3H3,(H2,14,16). The number of primary amides is 1. The molecule has 0 aliphatic heterocycles. The van der Waals surface area contributed by atoms with Gasteiger partial charge in [0.1, 0.15) is 0 Å². The molecule has 1 unspecified atom stereocenters. The fourth-order valence-corrected chi connectivity index (χ4v) is 1.69. The van der Waals surface area contributed by atoms with Crippen molar-refractivity contribution < 1.29 is 9.53 Å². The molecule has 1 aromatic carbocycles. The van der Waals surface area contributed by atoms with Crippen LogP contribution in [0.1, 0.15) is 29.3 Å². The second-order valence-corrected chi connectivity index (χ2v) is 4.17. The number of methoxy groups -OCH3 is 1. The number of nitrogens with two attached hydrogens (primary N) is 1. The highest BCUT2D eigenvalue weighted by Crippen LogP contribution is 2.19. The molecular weight excluding hydrogens is 216 g/mol. The molecule has 0 spiro atoms. The van der Waals surface area contributed by atoms with Gasteiger partial charge in [0.15, 0.2) is 0 Å². The lowest BCUT2D eigenvalue weighted by atomic mass is 10.1. The maximum Gasteiger partial charge on any atom is 0.249 e. The number of anilines is 1. The minimum atomic E-state index is -0.393. The highest BCUT2D eigenvalue weighted by molar-refractivity contribution is 5.95. The number of nitrogens with one attached hydrogen (secondary N) is 1. The Morgan fingerprint density at radius 2 is 2.24 bits per heavy atom. The third kappa shape index (κ3) is 3.75. The van der Waals surface area contributed by atoms with E-state index in [9.17, 15) is 4.79 Å². The topological polar surface area (TPSA) is 64.3 Å². The Balaban J connectivity index is 2.77. The molecule has 0 aliphatic rings. The number of benzene rings is 1. The molecule has 0 radical (unpaired) electrons. The summed E-state index contributed by atoms with van der Waals surface area (Å²) in [5.74, 6) is -0.393. The lowest BCUT2D eigenvalue weighted by Crippen LogP contribution is -2.19. The van der Waals surface area contributed by atoms with Crippen molar-refractivity contribution in [1.82, 2.24) is 0 Å². The van der Waals surface area contributed by atoms with Crippen LogP contribution in [0.2, 0.25) is 0 Å². The maximum atomic E-state index is 11.2. The van der Waals surface area contributed by atoms with Gasteiger partial charge >= 0.3 is 0 Å². The summed E-state index contributed by atoms with van der Waals surface area (Å²) in [4.78, 5) is 11.2. The molecule has 4 heteroatoms. The molecule has 0 saturated heterocycles. The molecule has 0 aromatic heterocycles. The number of hydrogen-bond acceptors (Lipinski definition) is 3. The fraction of sp³-hybridized carbons (Fsp3) is 0.462. The van der Waals surface area contributed by atoms with E-state index in [-0.39, 0.29) is 6.04 Å². The van der Waals surface area contributed by atoms with Gasteiger partial charge in [-0.25, -0.2) is 0 Å². The highest BCUT2D eigenvalue weighted by Gasteiger charge is 2.10. The Morgan fingerprint density at radius 3 is 2.82 bits per heavy atom. The molecule has 0 aliphatic carbocycles. The van der Waals surface area contributed by atoms with Crippen LogP contribution in [0.5, 0.6) is 0 Å². The van der Waals surface area contributed by atoms with Crippen molar-refractivity contribution in [3.8, 4) is 0 Å². The molecule has 1 aromatic rings. The first-order valence-electron chi connectivity index (χ1n) is 5.71. The second-order valence-electron chi connectivity index (χ2n) is 4.17. The number of carbonyl (C=O) groups is 1. The quantitative estimate of drug-likeness (QED) is 0.793. The Labute approximate surface area is 102 Å². The Kier molecular flexibility index (Phi) is 4.97. The average Bonchev–Trinajstić information content (AvgIpc) is 2.28. The van der Waals surface area contributed by atoms with E-state index in [0.717, 1.165) is 17.7 Å². The molecule has 1 amide bonds. The third-order valence-electron chi connectivity index (χ3n) is 2.76. The Bertz CT molecular complexity index is 391. The summed E-state index contributed by atoms with van der Waals surface area (Å²) >= 11 is 0. The molecule has 3 N–H and O–H groups in total. The summed E-state index contributed by atoms with van der Waals surface area (Å²) in [5.41, 5.74) is 7.71. The first-order valence-corrected chi connectivity index (χ1v) is 5.71. The van der Waals surface area contributed by atoms with E-state index in [4.69, 9.17) is 10.5 Å². The third-order valence-corrected chi connectivity index (χ3v) is 2.76. The van der Waals surface area contributed by atoms with Gasteiger partial charge in [0.05, 0.1) is 0 Å². The van der Waals surface area contributed by atoms with Gasteiger partial charge in [0.2, 0.25) is 5.91 Å². The van der Waals surface area contributed by atoms with Crippen LogP contribution in [-0.4, -0.2) is 25.7 Å². The summed E-state index contributed by atoms with van der Waals surface area (Å²) in [6, 6.07) is 5.81. The van der Waals surface area contributed by atoms with E-state index >= 15 is 0 Å². The summed E-state index contributed by atoms with van der Waals surface area (Å²) in [7, 11) is 1.69. The maximum absolute atomic E-state index is 11.2. The van der Waals surface area contributed by atoms with Crippen LogP contribution in [0.3, 0.4) is 0 Å². The first-order chi connectivity index (χ1) is 8.06. The van der Waals surface area contributed by atoms with Crippen LogP contribution < -0.4 is 11.1 Å². The molecule has 94 valence electrons. The van der Waals surface area contributed by atoms with Crippen molar-refractivity contribution in [3.05, 3.63) is 29.3 Å². The molecule has 17 heavy (non-hydrogen) atoms. The van der Waals surface area contributed by atoms with Crippen molar-refractivity contribution in [2.45, 2.75) is 26.3 Å². The van der Waals surface area contributed by atoms with Gasteiger partial charge in [-0.05, 0) is 38.0 Å². The van der Waals surface area contributed by atoms with Gasteiger partial charge in [0, 0.05) is 31.0 Å². The van der Waals surface area contributed by atoms with E-state index in [1.807, 2.05) is 19.1 Å². The van der Waals surface area contributed by atoms with Crippen LogP contribution in [-0.2, 0) is 4.74 Å². The van der Waals surface area contributed by atoms with Gasteiger partial charge in [0.25, 0.3) is 0 Å². The predicted molar refractivity (Wildman–Crippen MR) is 69.3 cm³/mol. The lowest BCUT2D eigenvalue weighted by molar-refractivity contribution is 0.0999. The molecule has 0 bridgehead atoms. The number of amides is 1. The van der Waals surface area contributed by atoms with Crippen molar-refractivity contribution in [2.75, 3.05) is 19.0 Å². The van der Waals surface area contributed by atoms with Crippen LogP contribution in [0.15, 0.2) is 18.2 Å². The zero-order chi connectivity index (χ0) is 12.8. The van der Waals surface area contributed by atoms with E-state index in [2.05, 4.69) is 12.2 Å². The van der Waals surface area contributed by atoms with Gasteiger partial charge in [-0.2, -0.15) is 0 Å². The van der Waals surface area contributed by atoms with E-state index in [1.165, 1.54) is 0 Å². The van der Waals surface area contributed by atoms with Crippen molar-refractivity contribution in [1.29, 1.82) is 0 Å². The molecular formula is C13H20N2O2. The van der Waals surface area contributed by atoms with Crippen LogP contribution >= 0.6 is 0 Å². The second kappa shape index (κ2) is 6.25. The molecule has 1 atom stereocenters. The average molecular weight is 236 g/mol.